The molecule has 0 saturated heterocycles. The molecular weight excluding hydrogens is 162 g/mol. The lowest BCUT2D eigenvalue weighted by molar-refractivity contribution is -0.284. The van der Waals surface area contributed by atoms with Gasteiger partial charge in [0.25, 0.3) is 11.9 Å². The number of hydrogen-bond acceptors (Lipinski definition) is 3. The fourth-order valence-electron chi connectivity index (χ4n) is 0.685. The van der Waals surface area contributed by atoms with Gasteiger partial charge in [-0.2, -0.15) is 0 Å². The summed E-state index contributed by atoms with van der Waals surface area (Å²) in [5.41, 5.74) is 1.11. The van der Waals surface area contributed by atoms with Crippen molar-refractivity contribution in [1.82, 2.24) is 0 Å². The van der Waals surface area contributed by atoms with Crippen LogP contribution in [-0.2, 0) is 0 Å². The van der Waals surface area contributed by atoms with Gasteiger partial charge in [0, 0.05) is 0 Å². The molecule has 0 radical (unpaired) electrons. The Morgan fingerprint density at radius 2 is 1.91 bits per heavy atom. The number of rotatable bonds is 2. The number of benzene rings is 1. The minimum Gasteiger partial charge on any atom is -0.250 e. The maximum absolute atomic E-state index is 10.0. The van der Waals surface area contributed by atoms with Crippen molar-refractivity contribution in [1.29, 1.82) is 0 Å². The van der Waals surface area contributed by atoms with Gasteiger partial charge in [-0.3, -0.25) is 10.1 Å². The van der Waals surface area contributed by atoms with Gasteiger partial charge in [-0.1, -0.05) is 17.7 Å². The molecule has 0 atom stereocenters. The van der Waals surface area contributed by atoms with Gasteiger partial charge in [0.15, 0.2) is 0 Å². The monoisotopic (exact) mass is 169 g/mol. The van der Waals surface area contributed by atoms with Gasteiger partial charge in [-0.25, -0.2) is 0 Å². The van der Waals surface area contributed by atoms with E-state index < -0.39 is 4.33 Å². The van der Waals surface area contributed by atoms with Crippen LogP contribution < -0.4 is 0 Å². The highest BCUT2D eigenvalue weighted by atomic mass is 32.2. The maximum atomic E-state index is 10.0. The molecular formula is C7H7NO2S. The van der Waals surface area contributed by atoms with Gasteiger partial charge in [-0.05, 0) is 19.1 Å². The zero-order chi connectivity index (χ0) is 8.27. The molecule has 3 nitrogen and oxygen atoms in total. The van der Waals surface area contributed by atoms with Crippen LogP contribution in [0.5, 0.6) is 0 Å². The summed E-state index contributed by atoms with van der Waals surface area (Å²) < 4.78 is -0.412. The van der Waals surface area contributed by atoms with Crippen LogP contribution in [0.2, 0.25) is 0 Å². The molecule has 0 N–H and O–H groups in total. The maximum Gasteiger partial charge on any atom is 0.265 e. The Morgan fingerprint density at radius 3 is 2.36 bits per heavy atom. The Kier molecular flexibility index (Phi) is 2.48. The van der Waals surface area contributed by atoms with Crippen LogP contribution in [-0.4, -0.2) is 4.33 Å². The summed E-state index contributed by atoms with van der Waals surface area (Å²) in [5.74, 6) is 0. The van der Waals surface area contributed by atoms with Gasteiger partial charge < -0.3 is 0 Å². The van der Waals surface area contributed by atoms with Crippen LogP contribution in [0.15, 0.2) is 29.2 Å². The third kappa shape index (κ3) is 2.59. The van der Waals surface area contributed by atoms with Gasteiger partial charge in [0.1, 0.15) is 4.33 Å². The summed E-state index contributed by atoms with van der Waals surface area (Å²) in [7, 11) is 0. The smallest absolute Gasteiger partial charge is 0.250 e. The number of nitro groups is 1. The first kappa shape index (κ1) is 8.07. The van der Waals surface area contributed by atoms with E-state index in [1.54, 1.807) is 12.1 Å². The van der Waals surface area contributed by atoms with Gasteiger partial charge in [0.05, 0.1) is 4.90 Å². The Labute approximate surface area is 68.7 Å². The zero-order valence-corrected chi connectivity index (χ0v) is 6.80. The van der Waals surface area contributed by atoms with Crippen molar-refractivity contribution in [2.24, 2.45) is 0 Å². The average Bonchev–Trinajstić information content (AvgIpc) is 1.93. The summed E-state index contributed by atoms with van der Waals surface area (Å²) >= 11 is 0.629. The normalized spacial score (nSPS) is 9.55. The molecule has 0 aromatic heterocycles. The largest absolute Gasteiger partial charge is 0.265 e. The molecule has 58 valence electrons. The van der Waals surface area contributed by atoms with E-state index in [0.29, 0.717) is 16.8 Å². The Morgan fingerprint density at radius 1 is 1.36 bits per heavy atom. The number of aryl methyl sites for hydroxylation is 1. The Hall–Kier alpha value is -1.03. The molecule has 0 spiro atoms. The molecule has 4 heteroatoms. The fourth-order valence-corrected chi connectivity index (χ4v) is 1.12. The van der Waals surface area contributed by atoms with E-state index in [0.717, 1.165) is 5.56 Å². The topological polar surface area (TPSA) is 43.1 Å². The highest BCUT2D eigenvalue weighted by molar-refractivity contribution is 7.93. The van der Waals surface area contributed by atoms with Crippen molar-refractivity contribution in [2.45, 2.75) is 11.8 Å². The van der Waals surface area contributed by atoms with E-state index in [2.05, 4.69) is 0 Å². The second kappa shape index (κ2) is 3.39. The van der Waals surface area contributed by atoms with E-state index in [9.17, 15) is 10.1 Å². The molecule has 11 heavy (non-hydrogen) atoms. The molecule has 0 saturated carbocycles. The molecule has 1 rings (SSSR count). The Balaban J connectivity index is 2.74. The van der Waals surface area contributed by atoms with Crippen molar-refractivity contribution in [3.05, 3.63) is 39.9 Å². The summed E-state index contributed by atoms with van der Waals surface area (Å²) in [6.07, 6.45) is 0. The van der Waals surface area contributed by atoms with Crippen molar-refractivity contribution in [3.63, 3.8) is 0 Å². The average molecular weight is 169 g/mol. The minimum atomic E-state index is -0.412. The second-order valence-electron chi connectivity index (χ2n) is 2.13. The Bertz CT molecular complexity index is 258. The van der Waals surface area contributed by atoms with Gasteiger partial charge >= 0.3 is 0 Å². The highest BCUT2D eigenvalue weighted by Crippen LogP contribution is 2.17. The van der Waals surface area contributed by atoms with E-state index in [1.165, 1.54) is 0 Å². The lowest BCUT2D eigenvalue weighted by atomic mass is 10.2. The molecule has 0 aliphatic rings. The van der Waals surface area contributed by atoms with Crippen molar-refractivity contribution < 1.29 is 4.33 Å². The SMILES string of the molecule is Cc1ccc(S[N+](=O)[O-])cc1. The molecule has 1 aromatic carbocycles. The molecule has 0 heterocycles. The first-order valence-electron chi connectivity index (χ1n) is 3.07. The van der Waals surface area contributed by atoms with E-state index >= 15 is 0 Å². The first-order valence-corrected chi connectivity index (χ1v) is 3.85. The summed E-state index contributed by atoms with van der Waals surface area (Å²) in [5, 5.41) is 10.0. The van der Waals surface area contributed by atoms with Crippen LogP contribution in [0.1, 0.15) is 5.56 Å². The van der Waals surface area contributed by atoms with Crippen LogP contribution in [0.4, 0.5) is 0 Å². The van der Waals surface area contributed by atoms with Gasteiger partial charge in [0.2, 0.25) is 0 Å². The number of hydrogen-bond donors (Lipinski definition) is 0. The molecule has 0 aliphatic carbocycles. The van der Waals surface area contributed by atoms with Crippen LogP contribution in [0, 0.1) is 17.0 Å². The third-order valence-electron chi connectivity index (χ3n) is 1.20. The second-order valence-corrected chi connectivity index (χ2v) is 3.08. The van der Waals surface area contributed by atoms with Crippen LogP contribution >= 0.6 is 11.9 Å². The molecule has 0 amide bonds. The molecule has 0 unspecified atom stereocenters. The van der Waals surface area contributed by atoms with Crippen LogP contribution in [0.3, 0.4) is 0 Å². The minimum absolute atomic E-state index is 0.412. The van der Waals surface area contributed by atoms with E-state index in [4.69, 9.17) is 0 Å². The van der Waals surface area contributed by atoms with Gasteiger partial charge in [-0.15, -0.1) is 0 Å². The quantitative estimate of drug-likeness (QED) is 0.387. The summed E-state index contributed by atoms with van der Waals surface area (Å²) in [4.78, 5) is 10.7. The third-order valence-corrected chi connectivity index (χ3v) is 1.83. The zero-order valence-electron chi connectivity index (χ0n) is 5.98. The molecule has 0 aliphatic heterocycles. The standard InChI is InChI=1S/C7H7NO2S/c1-6-2-4-7(5-3-6)11-8(9)10/h2-5H,1H3. The summed E-state index contributed by atoms with van der Waals surface area (Å²) in [6, 6.07) is 7.18. The fraction of sp³-hybridized carbons (Fsp3) is 0.143. The van der Waals surface area contributed by atoms with Crippen molar-refractivity contribution in [2.75, 3.05) is 0 Å². The predicted molar refractivity (Wildman–Crippen MR) is 44.0 cm³/mol. The van der Waals surface area contributed by atoms with Crippen molar-refractivity contribution >= 4 is 11.9 Å². The molecule has 0 bridgehead atoms. The molecule has 0 fully saturated rings. The highest BCUT2D eigenvalue weighted by Gasteiger charge is 2.02. The lowest BCUT2D eigenvalue weighted by Crippen LogP contribution is -1.82. The summed E-state index contributed by atoms with van der Waals surface area (Å²) in [6.45, 7) is 1.95. The van der Waals surface area contributed by atoms with Crippen LogP contribution in [0.25, 0.3) is 0 Å². The first-order chi connectivity index (χ1) is 5.18. The van der Waals surface area contributed by atoms with E-state index in [1.807, 2.05) is 19.1 Å². The number of nitrogens with zero attached hydrogens (tertiary/aromatic N) is 1. The lowest BCUT2D eigenvalue weighted by Gasteiger charge is -1.91. The van der Waals surface area contributed by atoms with E-state index in [-0.39, 0.29) is 0 Å². The predicted octanol–water partition coefficient (Wildman–Crippen LogP) is 2.28. The van der Waals surface area contributed by atoms with Crippen molar-refractivity contribution in [3.8, 4) is 0 Å². The molecule has 1 aromatic rings.